The number of thiocarbonyl (C=S) groups is 1. The molecule has 0 unspecified atom stereocenters. The normalized spacial score (nSPS) is 30.6. The van der Waals surface area contributed by atoms with Crippen molar-refractivity contribution < 1.29 is 4.74 Å². The van der Waals surface area contributed by atoms with E-state index in [-0.39, 0.29) is 6.23 Å². The van der Waals surface area contributed by atoms with E-state index in [9.17, 15) is 0 Å². The van der Waals surface area contributed by atoms with Gasteiger partial charge in [0.15, 0.2) is 0 Å². The zero-order valence-electron chi connectivity index (χ0n) is 3.89. The number of rotatable bonds is 1. The molecule has 1 atom stereocenters. The number of hydrogen-bond acceptors (Lipinski definition) is 3. The molecule has 1 N–H and O–H groups in total. The molecule has 1 aliphatic rings. The van der Waals surface area contributed by atoms with E-state index in [4.69, 9.17) is 4.74 Å². The Balaban J connectivity index is 2.26. The Bertz CT molecular complexity index is 70.1. The van der Waals surface area contributed by atoms with Crippen LogP contribution in [-0.2, 0) is 4.74 Å². The van der Waals surface area contributed by atoms with Gasteiger partial charge in [0, 0.05) is 11.9 Å². The monoisotopic (exact) mass is 117 g/mol. The molecule has 2 nitrogen and oxygen atoms in total. The maximum atomic E-state index is 5.03. The summed E-state index contributed by atoms with van der Waals surface area (Å²) in [5.41, 5.74) is 0. The van der Waals surface area contributed by atoms with Gasteiger partial charge in [-0.05, 0) is 0 Å². The van der Waals surface area contributed by atoms with Crippen molar-refractivity contribution in [2.45, 2.75) is 6.23 Å². The molecule has 0 aliphatic carbocycles. The summed E-state index contributed by atoms with van der Waals surface area (Å²) in [5, 5.41) is 4.61. The van der Waals surface area contributed by atoms with E-state index in [1.807, 2.05) is 0 Å². The van der Waals surface area contributed by atoms with Crippen molar-refractivity contribution in [3.63, 3.8) is 0 Å². The van der Waals surface area contributed by atoms with Crippen LogP contribution in [0.3, 0.4) is 0 Å². The van der Waals surface area contributed by atoms with Gasteiger partial charge in [0.2, 0.25) is 0 Å². The molecule has 0 aromatic heterocycles. The first-order valence-electron chi connectivity index (χ1n) is 2.24. The SMILES string of the molecule is S=C[C@H]1NCCO1. The van der Waals surface area contributed by atoms with Crippen LogP contribution in [-0.4, -0.2) is 24.7 Å². The lowest BCUT2D eigenvalue weighted by atomic mass is 10.7. The maximum Gasteiger partial charge on any atom is 0.137 e. The Morgan fingerprint density at radius 3 is 3.00 bits per heavy atom. The van der Waals surface area contributed by atoms with E-state index < -0.39 is 0 Å². The average molecular weight is 117 g/mol. The van der Waals surface area contributed by atoms with Crippen LogP contribution in [0.4, 0.5) is 0 Å². The summed E-state index contributed by atoms with van der Waals surface area (Å²) in [6, 6.07) is 0. The van der Waals surface area contributed by atoms with Crippen molar-refractivity contribution in [2.75, 3.05) is 13.2 Å². The lowest BCUT2D eigenvalue weighted by Crippen LogP contribution is -2.22. The molecular weight excluding hydrogens is 110 g/mol. The highest BCUT2D eigenvalue weighted by Gasteiger charge is 2.08. The van der Waals surface area contributed by atoms with Crippen LogP contribution in [0.2, 0.25) is 0 Å². The second-order valence-corrected chi connectivity index (χ2v) is 1.65. The molecular formula is C4H7NOS. The molecule has 0 aromatic carbocycles. The third-order valence-electron chi connectivity index (χ3n) is 0.869. The van der Waals surface area contributed by atoms with Gasteiger partial charge in [-0.1, -0.05) is 12.2 Å². The molecule has 0 bridgehead atoms. The van der Waals surface area contributed by atoms with E-state index >= 15 is 0 Å². The van der Waals surface area contributed by atoms with Crippen LogP contribution in [0, 0.1) is 0 Å². The largest absolute Gasteiger partial charge is 0.358 e. The molecule has 0 amide bonds. The Kier molecular flexibility index (Phi) is 1.73. The van der Waals surface area contributed by atoms with Gasteiger partial charge in [0.25, 0.3) is 0 Å². The van der Waals surface area contributed by atoms with Gasteiger partial charge in [0.05, 0.1) is 6.61 Å². The number of ether oxygens (including phenoxy) is 1. The third kappa shape index (κ3) is 1.19. The lowest BCUT2D eigenvalue weighted by Gasteiger charge is -1.97. The fraction of sp³-hybridized carbons (Fsp3) is 0.750. The van der Waals surface area contributed by atoms with Gasteiger partial charge in [-0.25, -0.2) is 0 Å². The molecule has 1 heterocycles. The Hall–Kier alpha value is 0.0100. The van der Waals surface area contributed by atoms with Crippen LogP contribution in [0.1, 0.15) is 0 Å². The van der Waals surface area contributed by atoms with Gasteiger partial charge in [0.1, 0.15) is 6.23 Å². The van der Waals surface area contributed by atoms with Crippen LogP contribution in [0.5, 0.6) is 0 Å². The third-order valence-corrected chi connectivity index (χ3v) is 1.12. The van der Waals surface area contributed by atoms with E-state index in [1.54, 1.807) is 5.37 Å². The predicted octanol–water partition coefficient (Wildman–Crippen LogP) is -0.0680. The highest BCUT2D eigenvalue weighted by Crippen LogP contribution is 1.89. The first-order chi connectivity index (χ1) is 3.43. The zero-order chi connectivity index (χ0) is 5.11. The highest BCUT2D eigenvalue weighted by atomic mass is 32.1. The minimum absolute atomic E-state index is 0.0370. The van der Waals surface area contributed by atoms with Crippen LogP contribution >= 0.6 is 12.2 Å². The summed E-state index contributed by atoms with van der Waals surface area (Å²) >= 11 is 4.60. The van der Waals surface area contributed by atoms with Crippen molar-refractivity contribution >= 4 is 17.6 Å². The van der Waals surface area contributed by atoms with Crippen LogP contribution < -0.4 is 5.32 Å². The fourth-order valence-corrected chi connectivity index (χ4v) is 0.708. The Labute approximate surface area is 47.9 Å². The van der Waals surface area contributed by atoms with Gasteiger partial charge >= 0.3 is 0 Å². The zero-order valence-corrected chi connectivity index (χ0v) is 4.70. The smallest absolute Gasteiger partial charge is 0.137 e. The molecule has 1 saturated heterocycles. The molecule has 0 spiro atoms. The summed E-state index contributed by atoms with van der Waals surface area (Å²) in [7, 11) is 0. The first-order valence-corrected chi connectivity index (χ1v) is 2.71. The van der Waals surface area contributed by atoms with Crippen molar-refractivity contribution in [2.24, 2.45) is 0 Å². The second-order valence-electron chi connectivity index (χ2n) is 1.38. The highest BCUT2D eigenvalue weighted by molar-refractivity contribution is 7.79. The van der Waals surface area contributed by atoms with E-state index in [0.29, 0.717) is 0 Å². The average Bonchev–Trinajstić information content (AvgIpc) is 2.14. The van der Waals surface area contributed by atoms with Gasteiger partial charge < -0.3 is 4.74 Å². The van der Waals surface area contributed by atoms with E-state index in [1.165, 1.54) is 0 Å². The second kappa shape index (κ2) is 2.35. The van der Waals surface area contributed by atoms with E-state index in [0.717, 1.165) is 13.2 Å². The maximum absolute atomic E-state index is 5.03. The predicted molar refractivity (Wildman–Crippen MR) is 31.4 cm³/mol. The van der Waals surface area contributed by atoms with Crippen LogP contribution in [0.15, 0.2) is 0 Å². The molecule has 40 valence electrons. The topological polar surface area (TPSA) is 21.3 Å². The van der Waals surface area contributed by atoms with Crippen molar-refractivity contribution in [1.29, 1.82) is 0 Å². The summed E-state index contributed by atoms with van der Waals surface area (Å²) in [4.78, 5) is 0. The number of nitrogens with one attached hydrogen (secondary N) is 1. The summed E-state index contributed by atoms with van der Waals surface area (Å²) in [5.74, 6) is 0. The van der Waals surface area contributed by atoms with Crippen molar-refractivity contribution in [1.82, 2.24) is 5.32 Å². The van der Waals surface area contributed by atoms with E-state index in [2.05, 4.69) is 17.5 Å². The van der Waals surface area contributed by atoms with Crippen molar-refractivity contribution in [3.05, 3.63) is 0 Å². The van der Waals surface area contributed by atoms with Gasteiger partial charge in [-0.3, -0.25) is 5.32 Å². The summed E-state index contributed by atoms with van der Waals surface area (Å²) in [6.45, 7) is 1.72. The minimum atomic E-state index is 0.0370. The Morgan fingerprint density at radius 2 is 2.71 bits per heavy atom. The summed E-state index contributed by atoms with van der Waals surface area (Å²) in [6.07, 6.45) is 0.0370. The molecule has 1 fully saturated rings. The molecule has 0 aromatic rings. The fourth-order valence-electron chi connectivity index (χ4n) is 0.533. The minimum Gasteiger partial charge on any atom is -0.358 e. The molecule has 0 saturated carbocycles. The van der Waals surface area contributed by atoms with Gasteiger partial charge in [-0.15, -0.1) is 0 Å². The number of hydrogen-bond donors (Lipinski definition) is 1. The summed E-state index contributed by atoms with van der Waals surface area (Å²) < 4.78 is 5.03. The standard InChI is InChI=1S/C4H7NOS/c7-3-4-5-1-2-6-4/h3-5H,1-2H2/t4-/m0/s1. The Morgan fingerprint density at radius 1 is 1.86 bits per heavy atom. The van der Waals surface area contributed by atoms with Crippen molar-refractivity contribution in [3.8, 4) is 0 Å². The molecule has 1 aliphatic heterocycles. The van der Waals surface area contributed by atoms with Crippen LogP contribution in [0.25, 0.3) is 0 Å². The molecule has 0 radical (unpaired) electrons. The lowest BCUT2D eigenvalue weighted by molar-refractivity contribution is 0.157. The quantitative estimate of drug-likeness (QED) is 0.486. The molecule has 3 heteroatoms. The molecule has 1 rings (SSSR count). The molecule has 7 heavy (non-hydrogen) atoms. The first kappa shape index (κ1) is 5.15. The van der Waals surface area contributed by atoms with Gasteiger partial charge in [-0.2, -0.15) is 0 Å².